The number of morpholine rings is 1. The molecule has 3 rings (SSSR count). The van der Waals surface area contributed by atoms with E-state index in [-0.39, 0.29) is 47.3 Å². The van der Waals surface area contributed by atoms with E-state index in [9.17, 15) is 9.90 Å². The monoisotopic (exact) mass is 340 g/mol. The van der Waals surface area contributed by atoms with E-state index in [1.54, 1.807) is 18.5 Å². The van der Waals surface area contributed by atoms with Gasteiger partial charge < -0.3 is 9.84 Å². The van der Waals surface area contributed by atoms with E-state index in [0.29, 0.717) is 12.4 Å². The van der Waals surface area contributed by atoms with Gasteiger partial charge in [-0.05, 0) is 32.0 Å². The zero-order valence-corrected chi connectivity index (χ0v) is 13.2. The van der Waals surface area contributed by atoms with Crippen LogP contribution in [0.2, 0.25) is 0 Å². The Morgan fingerprint density at radius 3 is 2.71 bits per heavy atom. The molecule has 2 atom stereocenters. The topological polar surface area (TPSA) is 80.5 Å². The van der Waals surface area contributed by atoms with E-state index < -0.39 is 5.97 Å². The number of ether oxygens (including phenoxy) is 1. The molecule has 8 heteroatoms. The summed E-state index contributed by atoms with van der Waals surface area (Å²) in [5.74, 6) is -0.684. The Morgan fingerprint density at radius 1 is 1.33 bits per heavy atom. The molecule has 2 unspecified atom stereocenters. The van der Waals surface area contributed by atoms with Crippen molar-refractivity contribution >= 4 is 35.5 Å². The van der Waals surface area contributed by atoms with Crippen LogP contribution in [0.15, 0.2) is 30.6 Å². The molecule has 7 nitrogen and oxygen atoms in total. The van der Waals surface area contributed by atoms with Crippen LogP contribution in [0.3, 0.4) is 0 Å². The van der Waals surface area contributed by atoms with Gasteiger partial charge in [-0.1, -0.05) is 0 Å². The average Bonchev–Trinajstić information content (AvgIpc) is 2.94. The third kappa shape index (κ3) is 4.43. The van der Waals surface area contributed by atoms with E-state index in [4.69, 9.17) is 4.74 Å². The van der Waals surface area contributed by atoms with Gasteiger partial charge >= 0.3 is 35.5 Å². The molecule has 1 aliphatic rings. The van der Waals surface area contributed by atoms with Crippen molar-refractivity contribution in [3.05, 3.63) is 41.9 Å². The minimum absolute atomic E-state index is 0. The van der Waals surface area contributed by atoms with Gasteiger partial charge in [-0.25, -0.2) is 14.5 Å². The van der Waals surface area contributed by atoms with Crippen LogP contribution in [0.5, 0.6) is 0 Å². The second-order valence-corrected chi connectivity index (χ2v) is 5.88. The number of hydrogen-bond acceptors (Lipinski definition) is 5. The van der Waals surface area contributed by atoms with Crippen LogP contribution in [0.1, 0.15) is 29.9 Å². The van der Waals surface area contributed by atoms with Crippen molar-refractivity contribution in [3.8, 4) is 5.82 Å². The Morgan fingerprint density at radius 2 is 2.04 bits per heavy atom. The summed E-state index contributed by atoms with van der Waals surface area (Å²) in [6.45, 7) is 6.56. The van der Waals surface area contributed by atoms with Gasteiger partial charge in [0.2, 0.25) is 0 Å². The molecular weight excluding hydrogens is 319 g/mol. The maximum atomic E-state index is 11.3. The summed E-state index contributed by atoms with van der Waals surface area (Å²) < 4.78 is 7.25. The molecule has 0 saturated carbocycles. The van der Waals surface area contributed by atoms with Gasteiger partial charge in [0, 0.05) is 32.0 Å². The van der Waals surface area contributed by atoms with Crippen LogP contribution in [-0.4, -0.2) is 85.6 Å². The molecule has 24 heavy (non-hydrogen) atoms. The van der Waals surface area contributed by atoms with E-state index in [0.717, 1.165) is 18.8 Å². The predicted octanol–water partition coefficient (Wildman–Crippen LogP) is 0.926. The molecule has 1 N–H and O–H groups in total. The molecule has 2 aromatic heterocycles. The summed E-state index contributed by atoms with van der Waals surface area (Å²) in [6, 6.07) is 5.02. The summed E-state index contributed by atoms with van der Waals surface area (Å²) in [5, 5.41) is 13.7. The van der Waals surface area contributed by atoms with Gasteiger partial charge in [-0.15, -0.1) is 0 Å². The molecule has 124 valence electrons. The predicted molar refractivity (Wildman–Crippen MR) is 90.8 cm³/mol. The summed E-state index contributed by atoms with van der Waals surface area (Å²) in [7, 11) is 0. The van der Waals surface area contributed by atoms with Crippen molar-refractivity contribution in [2.75, 3.05) is 13.1 Å². The number of carboxylic acid groups (broad SMARTS) is 1. The molecule has 1 fully saturated rings. The Hall–Kier alpha value is -1.25. The van der Waals surface area contributed by atoms with Crippen LogP contribution >= 0.6 is 0 Å². The van der Waals surface area contributed by atoms with Gasteiger partial charge in [-0.3, -0.25) is 4.90 Å². The van der Waals surface area contributed by atoms with Crippen molar-refractivity contribution in [2.45, 2.75) is 32.6 Å². The van der Waals surface area contributed by atoms with Crippen LogP contribution in [0, 0.1) is 0 Å². The quantitative estimate of drug-likeness (QED) is 0.834. The molecular formula is C16H21N4NaO3. The van der Waals surface area contributed by atoms with Gasteiger partial charge in [0.05, 0.1) is 17.9 Å². The number of aromatic nitrogens is 3. The zero-order chi connectivity index (χ0) is 16.4. The Kier molecular flexibility index (Phi) is 6.54. The van der Waals surface area contributed by atoms with E-state index in [1.165, 1.54) is 10.7 Å². The maximum absolute atomic E-state index is 11.3. The van der Waals surface area contributed by atoms with Gasteiger partial charge in [0.15, 0.2) is 5.82 Å². The normalized spacial score (nSPS) is 21.2. The van der Waals surface area contributed by atoms with Crippen molar-refractivity contribution in [1.29, 1.82) is 0 Å². The molecule has 0 aliphatic carbocycles. The van der Waals surface area contributed by atoms with Crippen LogP contribution in [0.4, 0.5) is 0 Å². The molecule has 0 radical (unpaired) electrons. The second kappa shape index (κ2) is 8.22. The Labute approximate surface area is 162 Å². The van der Waals surface area contributed by atoms with Gasteiger partial charge in [0.25, 0.3) is 0 Å². The SMILES string of the molecule is CC1CN(Cc2ccn(-c3ncccc3C(=O)O)n2)CC(C)O1.[NaH]. The first-order chi connectivity index (χ1) is 11.0. The van der Waals surface area contributed by atoms with Crippen molar-refractivity contribution < 1.29 is 14.6 Å². The first-order valence-corrected chi connectivity index (χ1v) is 7.64. The Bertz CT molecular complexity index is 696. The number of hydrogen-bond donors (Lipinski definition) is 1. The fraction of sp³-hybridized carbons (Fsp3) is 0.438. The van der Waals surface area contributed by atoms with Gasteiger partial charge in [-0.2, -0.15) is 5.10 Å². The molecule has 0 bridgehead atoms. The average molecular weight is 340 g/mol. The number of carbonyl (C=O) groups is 1. The fourth-order valence-electron chi connectivity index (χ4n) is 2.95. The van der Waals surface area contributed by atoms with Crippen LogP contribution in [0.25, 0.3) is 5.82 Å². The van der Waals surface area contributed by atoms with Gasteiger partial charge in [0.1, 0.15) is 5.56 Å². The second-order valence-electron chi connectivity index (χ2n) is 5.88. The summed E-state index contributed by atoms with van der Waals surface area (Å²) in [4.78, 5) is 17.7. The third-order valence-electron chi connectivity index (χ3n) is 3.76. The number of carboxylic acids is 1. The standard InChI is InChI=1S/C16H20N4O3.Na.H/c1-11-8-19(9-12(2)23-11)10-13-5-7-20(18-13)15-14(16(21)22)4-3-6-17-15;;/h3-7,11-12H,8-10H2,1-2H3,(H,21,22);;. The molecule has 2 aromatic rings. The molecule has 0 amide bonds. The van der Waals surface area contributed by atoms with Crippen molar-refractivity contribution in [2.24, 2.45) is 0 Å². The molecule has 3 heterocycles. The Balaban J connectivity index is 0.00000208. The number of rotatable bonds is 4. The van der Waals surface area contributed by atoms with Crippen molar-refractivity contribution in [3.63, 3.8) is 0 Å². The fourth-order valence-corrected chi connectivity index (χ4v) is 2.95. The molecule has 0 spiro atoms. The minimum atomic E-state index is -1.01. The first-order valence-electron chi connectivity index (χ1n) is 7.64. The van der Waals surface area contributed by atoms with Crippen LogP contribution < -0.4 is 0 Å². The number of pyridine rings is 1. The van der Waals surface area contributed by atoms with E-state index in [1.807, 2.05) is 6.07 Å². The number of aromatic carboxylic acids is 1. The van der Waals surface area contributed by atoms with E-state index in [2.05, 4.69) is 28.8 Å². The third-order valence-corrected chi connectivity index (χ3v) is 3.76. The van der Waals surface area contributed by atoms with Crippen molar-refractivity contribution in [1.82, 2.24) is 19.7 Å². The van der Waals surface area contributed by atoms with Crippen LogP contribution in [-0.2, 0) is 11.3 Å². The molecule has 0 aromatic carbocycles. The number of nitrogens with zero attached hydrogens (tertiary/aromatic N) is 4. The molecule has 1 saturated heterocycles. The molecule has 1 aliphatic heterocycles. The summed E-state index contributed by atoms with van der Waals surface area (Å²) in [6.07, 6.45) is 3.72. The first kappa shape index (κ1) is 19.1. The summed E-state index contributed by atoms with van der Waals surface area (Å²) >= 11 is 0. The zero-order valence-electron chi connectivity index (χ0n) is 13.2. The van der Waals surface area contributed by atoms with E-state index >= 15 is 0 Å². The summed E-state index contributed by atoms with van der Waals surface area (Å²) in [5.41, 5.74) is 1.02.